The van der Waals surface area contributed by atoms with E-state index in [0.717, 1.165) is 0 Å². The van der Waals surface area contributed by atoms with Crippen molar-refractivity contribution >= 4 is 0 Å². The fraction of sp³-hybridized carbons (Fsp3) is 1.00. The van der Waals surface area contributed by atoms with Crippen molar-refractivity contribution in [2.45, 2.75) is 44.2 Å². The average Bonchev–Trinajstić information content (AvgIpc) is 2.47. The maximum atomic E-state index is 9.60. The summed E-state index contributed by atoms with van der Waals surface area (Å²) >= 11 is 0. The SMILES string of the molecule is CC1(C)OC2O[C@H](CO)[C@H](O)[C@H]2O1. The zero-order valence-electron chi connectivity index (χ0n) is 7.64. The molecule has 2 aliphatic rings. The molecule has 0 radical (unpaired) electrons. The van der Waals surface area contributed by atoms with Crippen molar-refractivity contribution in [2.75, 3.05) is 6.61 Å². The number of aliphatic hydroxyl groups excluding tert-OH is 2. The van der Waals surface area contributed by atoms with Crippen LogP contribution in [0.3, 0.4) is 0 Å². The van der Waals surface area contributed by atoms with Gasteiger partial charge in [-0.05, 0) is 13.8 Å². The molecule has 0 amide bonds. The molecule has 2 rings (SSSR count). The molecule has 76 valence electrons. The van der Waals surface area contributed by atoms with E-state index in [1.807, 2.05) is 0 Å². The molecular formula is C8H14O5. The maximum Gasteiger partial charge on any atom is 0.190 e. The van der Waals surface area contributed by atoms with Crippen LogP contribution >= 0.6 is 0 Å². The van der Waals surface area contributed by atoms with Crippen molar-refractivity contribution in [3.05, 3.63) is 0 Å². The molecule has 0 spiro atoms. The summed E-state index contributed by atoms with van der Waals surface area (Å²) in [5, 5.41) is 18.4. The van der Waals surface area contributed by atoms with Crippen LogP contribution in [0.4, 0.5) is 0 Å². The van der Waals surface area contributed by atoms with Gasteiger partial charge in [-0.1, -0.05) is 0 Å². The van der Waals surface area contributed by atoms with Crippen molar-refractivity contribution in [2.24, 2.45) is 0 Å². The van der Waals surface area contributed by atoms with Crippen LogP contribution in [0.15, 0.2) is 0 Å². The fourth-order valence-corrected chi connectivity index (χ4v) is 1.71. The Balaban J connectivity index is 2.07. The lowest BCUT2D eigenvalue weighted by atomic mass is 10.1. The third-order valence-electron chi connectivity index (χ3n) is 2.29. The lowest BCUT2D eigenvalue weighted by Gasteiger charge is -2.21. The largest absolute Gasteiger partial charge is 0.394 e. The summed E-state index contributed by atoms with van der Waals surface area (Å²) < 4.78 is 16.0. The number of ether oxygens (including phenoxy) is 3. The molecule has 4 atom stereocenters. The van der Waals surface area contributed by atoms with Crippen LogP contribution in [0.1, 0.15) is 13.8 Å². The zero-order valence-corrected chi connectivity index (χ0v) is 7.64. The highest BCUT2D eigenvalue weighted by Crippen LogP contribution is 2.36. The van der Waals surface area contributed by atoms with Crippen LogP contribution in [0.5, 0.6) is 0 Å². The molecule has 2 aliphatic heterocycles. The Kier molecular flexibility index (Phi) is 2.08. The van der Waals surface area contributed by atoms with Gasteiger partial charge >= 0.3 is 0 Å². The van der Waals surface area contributed by atoms with E-state index >= 15 is 0 Å². The van der Waals surface area contributed by atoms with E-state index in [2.05, 4.69) is 0 Å². The number of fused-ring (bicyclic) bond motifs is 1. The first-order valence-electron chi connectivity index (χ1n) is 4.33. The minimum atomic E-state index is -0.809. The van der Waals surface area contributed by atoms with E-state index in [1.165, 1.54) is 0 Å². The van der Waals surface area contributed by atoms with Gasteiger partial charge in [0, 0.05) is 0 Å². The molecule has 2 fully saturated rings. The molecule has 1 unspecified atom stereocenters. The minimum absolute atomic E-state index is 0.221. The van der Waals surface area contributed by atoms with Crippen LogP contribution in [0.25, 0.3) is 0 Å². The number of hydrogen-bond acceptors (Lipinski definition) is 5. The van der Waals surface area contributed by atoms with E-state index < -0.39 is 30.4 Å². The quantitative estimate of drug-likeness (QED) is 0.567. The Morgan fingerprint density at radius 1 is 1.31 bits per heavy atom. The molecule has 0 aliphatic carbocycles. The number of rotatable bonds is 1. The monoisotopic (exact) mass is 190 g/mol. The molecule has 0 bridgehead atoms. The fourth-order valence-electron chi connectivity index (χ4n) is 1.71. The van der Waals surface area contributed by atoms with Crippen molar-refractivity contribution in [3.8, 4) is 0 Å². The summed E-state index contributed by atoms with van der Waals surface area (Å²) in [4.78, 5) is 0. The van der Waals surface area contributed by atoms with Crippen LogP contribution in [-0.4, -0.2) is 47.2 Å². The van der Waals surface area contributed by atoms with E-state index in [1.54, 1.807) is 13.8 Å². The van der Waals surface area contributed by atoms with Crippen LogP contribution in [-0.2, 0) is 14.2 Å². The van der Waals surface area contributed by atoms with Crippen LogP contribution in [0, 0.1) is 0 Å². The van der Waals surface area contributed by atoms with E-state index in [0.29, 0.717) is 0 Å². The van der Waals surface area contributed by atoms with Gasteiger partial charge in [0.2, 0.25) is 0 Å². The third kappa shape index (κ3) is 1.47. The summed E-state index contributed by atoms with van der Waals surface area (Å²) in [7, 11) is 0. The van der Waals surface area contributed by atoms with E-state index in [9.17, 15) is 5.11 Å². The Labute approximate surface area is 76.2 Å². The lowest BCUT2D eigenvalue weighted by Crippen LogP contribution is -2.36. The molecule has 2 heterocycles. The summed E-state index contributed by atoms with van der Waals surface area (Å²) in [5.41, 5.74) is 0. The second kappa shape index (κ2) is 2.90. The summed E-state index contributed by atoms with van der Waals surface area (Å²) in [6.07, 6.45) is -2.43. The van der Waals surface area contributed by atoms with Gasteiger partial charge in [-0.3, -0.25) is 0 Å². The van der Waals surface area contributed by atoms with Crippen molar-refractivity contribution < 1.29 is 24.4 Å². The first kappa shape index (κ1) is 9.36. The van der Waals surface area contributed by atoms with Crippen LogP contribution < -0.4 is 0 Å². The average molecular weight is 190 g/mol. The molecule has 0 aromatic rings. The predicted octanol–water partition coefficient (Wildman–Crippen LogP) is -0.784. The first-order valence-corrected chi connectivity index (χ1v) is 4.33. The van der Waals surface area contributed by atoms with Gasteiger partial charge in [0.05, 0.1) is 6.61 Å². The second-order valence-corrected chi connectivity index (χ2v) is 3.82. The van der Waals surface area contributed by atoms with Gasteiger partial charge in [0.1, 0.15) is 18.3 Å². The summed E-state index contributed by atoms with van der Waals surface area (Å²) in [6.45, 7) is 3.30. The topological polar surface area (TPSA) is 68.2 Å². The minimum Gasteiger partial charge on any atom is -0.394 e. The van der Waals surface area contributed by atoms with Gasteiger partial charge in [0.25, 0.3) is 0 Å². The molecule has 0 saturated carbocycles. The molecule has 0 aromatic heterocycles. The maximum absolute atomic E-state index is 9.60. The molecule has 2 N–H and O–H groups in total. The first-order chi connectivity index (χ1) is 6.03. The highest BCUT2D eigenvalue weighted by molar-refractivity contribution is 4.92. The summed E-state index contributed by atoms with van der Waals surface area (Å²) in [6, 6.07) is 0. The van der Waals surface area contributed by atoms with Gasteiger partial charge in [-0.2, -0.15) is 0 Å². The van der Waals surface area contributed by atoms with Gasteiger partial charge in [-0.25, -0.2) is 0 Å². The molecule has 0 aromatic carbocycles. The zero-order chi connectivity index (χ0) is 9.64. The molecule has 5 heteroatoms. The Bertz CT molecular complexity index is 205. The third-order valence-corrected chi connectivity index (χ3v) is 2.29. The Morgan fingerprint density at radius 3 is 2.54 bits per heavy atom. The van der Waals surface area contributed by atoms with Crippen LogP contribution in [0.2, 0.25) is 0 Å². The highest BCUT2D eigenvalue weighted by atomic mass is 16.8. The van der Waals surface area contributed by atoms with Gasteiger partial charge in [0.15, 0.2) is 12.1 Å². The van der Waals surface area contributed by atoms with E-state index in [4.69, 9.17) is 19.3 Å². The Morgan fingerprint density at radius 2 is 2.00 bits per heavy atom. The smallest absolute Gasteiger partial charge is 0.190 e. The van der Waals surface area contributed by atoms with E-state index in [-0.39, 0.29) is 6.61 Å². The van der Waals surface area contributed by atoms with Gasteiger partial charge in [-0.15, -0.1) is 0 Å². The lowest BCUT2D eigenvalue weighted by molar-refractivity contribution is -0.218. The van der Waals surface area contributed by atoms with Crippen molar-refractivity contribution in [3.63, 3.8) is 0 Å². The number of aliphatic hydroxyl groups is 2. The van der Waals surface area contributed by atoms with Gasteiger partial charge < -0.3 is 24.4 Å². The molecular weight excluding hydrogens is 176 g/mol. The van der Waals surface area contributed by atoms with Crippen molar-refractivity contribution in [1.82, 2.24) is 0 Å². The highest BCUT2D eigenvalue weighted by Gasteiger charge is 2.53. The standard InChI is InChI=1S/C8H14O5/c1-8(2)12-6-5(10)4(3-9)11-7(6)13-8/h4-7,9-10H,3H2,1-2H3/t4-,5+,6-,7?/m1/s1. The normalized spacial score (nSPS) is 48.0. The Hall–Kier alpha value is -0.200. The van der Waals surface area contributed by atoms with Crippen molar-refractivity contribution in [1.29, 1.82) is 0 Å². The second-order valence-electron chi connectivity index (χ2n) is 3.82. The summed E-state index contributed by atoms with van der Waals surface area (Å²) in [5.74, 6) is -0.712. The molecule has 2 saturated heterocycles. The number of hydrogen-bond donors (Lipinski definition) is 2. The molecule has 5 nitrogen and oxygen atoms in total. The molecule has 13 heavy (non-hydrogen) atoms. The predicted molar refractivity (Wildman–Crippen MR) is 41.8 cm³/mol.